The number of anilines is 2. The summed E-state index contributed by atoms with van der Waals surface area (Å²) in [5.41, 5.74) is -0.0755. The Balaban J connectivity index is 2.30. The maximum atomic E-state index is 4.69. The van der Waals surface area contributed by atoms with Crippen molar-refractivity contribution in [2.75, 3.05) is 17.7 Å². The zero-order valence-corrected chi connectivity index (χ0v) is 14.2. The summed E-state index contributed by atoms with van der Waals surface area (Å²) in [7, 11) is 1.88. The van der Waals surface area contributed by atoms with Crippen LogP contribution in [-0.2, 0) is 5.41 Å². The predicted molar refractivity (Wildman–Crippen MR) is 91.3 cm³/mol. The normalized spacial score (nSPS) is 13.0. The number of nitrogens with one attached hydrogen (secondary N) is 2. The Bertz CT molecular complexity index is 572. The summed E-state index contributed by atoms with van der Waals surface area (Å²) in [6, 6.07) is 6.50. The highest BCUT2D eigenvalue weighted by Gasteiger charge is 2.20. The molecule has 2 aromatic heterocycles. The highest BCUT2D eigenvalue weighted by Crippen LogP contribution is 2.28. The van der Waals surface area contributed by atoms with Gasteiger partial charge in [-0.05, 0) is 17.9 Å². The van der Waals surface area contributed by atoms with E-state index in [0.717, 1.165) is 23.9 Å². The van der Waals surface area contributed by atoms with Crippen molar-refractivity contribution in [2.24, 2.45) is 0 Å². The molecule has 114 valence electrons. The fourth-order valence-electron chi connectivity index (χ4n) is 2.03. The average molecular weight is 304 g/mol. The molecule has 4 nitrogen and oxygen atoms in total. The van der Waals surface area contributed by atoms with Crippen LogP contribution < -0.4 is 10.6 Å². The lowest BCUT2D eigenvalue weighted by Crippen LogP contribution is -2.19. The molecule has 2 heterocycles. The summed E-state index contributed by atoms with van der Waals surface area (Å²) < 4.78 is 0. The molecule has 21 heavy (non-hydrogen) atoms. The maximum Gasteiger partial charge on any atom is 0.138 e. The zero-order valence-electron chi connectivity index (χ0n) is 13.4. The highest BCUT2D eigenvalue weighted by molar-refractivity contribution is 7.10. The van der Waals surface area contributed by atoms with Gasteiger partial charge in [0.2, 0.25) is 0 Å². The molecule has 0 spiro atoms. The molecular formula is C16H24N4S. The first-order valence-electron chi connectivity index (χ1n) is 7.31. The molecule has 1 atom stereocenters. The number of aromatic nitrogens is 2. The van der Waals surface area contributed by atoms with Crippen molar-refractivity contribution in [2.45, 2.75) is 45.6 Å². The van der Waals surface area contributed by atoms with Crippen molar-refractivity contribution in [1.29, 1.82) is 0 Å². The molecule has 0 aliphatic carbocycles. The van der Waals surface area contributed by atoms with Gasteiger partial charge in [-0.1, -0.05) is 33.8 Å². The molecule has 0 saturated heterocycles. The van der Waals surface area contributed by atoms with Crippen LogP contribution in [0.25, 0.3) is 0 Å². The SMILES string of the molecule is CCC(Nc1cc(NC)nc(C(C)(C)C)n1)c1cccs1. The third kappa shape index (κ3) is 3.94. The Morgan fingerprint density at radius 2 is 1.95 bits per heavy atom. The van der Waals surface area contributed by atoms with E-state index in [2.05, 4.69) is 60.8 Å². The van der Waals surface area contributed by atoms with Crippen molar-refractivity contribution in [3.05, 3.63) is 34.3 Å². The van der Waals surface area contributed by atoms with Crippen molar-refractivity contribution in [1.82, 2.24) is 9.97 Å². The number of hydrogen-bond donors (Lipinski definition) is 2. The fourth-order valence-corrected chi connectivity index (χ4v) is 2.89. The smallest absolute Gasteiger partial charge is 0.138 e. The quantitative estimate of drug-likeness (QED) is 0.857. The molecule has 0 bridgehead atoms. The van der Waals surface area contributed by atoms with Crippen LogP contribution in [0.3, 0.4) is 0 Å². The summed E-state index contributed by atoms with van der Waals surface area (Å²) in [5.74, 6) is 2.57. The predicted octanol–water partition coefficient (Wildman–Crippen LogP) is 4.44. The summed E-state index contributed by atoms with van der Waals surface area (Å²) in [6.45, 7) is 8.56. The van der Waals surface area contributed by atoms with E-state index in [4.69, 9.17) is 4.98 Å². The van der Waals surface area contributed by atoms with Gasteiger partial charge in [-0.25, -0.2) is 9.97 Å². The van der Waals surface area contributed by atoms with Crippen LogP contribution in [0.2, 0.25) is 0 Å². The van der Waals surface area contributed by atoms with Gasteiger partial charge < -0.3 is 10.6 Å². The van der Waals surface area contributed by atoms with Gasteiger partial charge >= 0.3 is 0 Å². The fraction of sp³-hybridized carbons (Fsp3) is 0.500. The van der Waals surface area contributed by atoms with Crippen LogP contribution in [0, 0.1) is 0 Å². The van der Waals surface area contributed by atoms with Crippen LogP contribution in [0.15, 0.2) is 23.6 Å². The van der Waals surface area contributed by atoms with Gasteiger partial charge in [-0.2, -0.15) is 0 Å². The van der Waals surface area contributed by atoms with Gasteiger partial charge in [0.1, 0.15) is 17.5 Å². The summed E-state index contributed by atoms with van der Waals surface area (Å²) in [4.78, 5) is 10.6. The van der Waals surface area contributed by atoms with Crippen molar-refractivity contribution in [3.63, 3.8) is 0 Å². The van der Waals surface area contributed by atoms with E-state index in [9.17, 15) is 0 Å². The van der Waals surface area contributed by atoms with Gasteiger partial charge in [0.15, 0.2) is 0 Å². The summed E-state index contributed by atoms with van der Waals surface area (Å²) >= 11 is 1.77. The van der Waals surface area contributed by atoms with Crippen LogP contribution >= 0.6 is 11.3 Å². The second kappa shape index (κ2) is 6.43. The monoisotopic (exact) mass is 304 g/mol. The number of hydrogen-bond acceptors (Lipinski definition) is 5. The standard InChI is InChI=1S/C16H24N4S/c1-6-11(12-8-7-9-21-12)18-14-10-13(17-5)19-15(20-14)16(2,3)4/h7-11H,6H2,1-5H3,(H2,17,18,19,20). The highest BCUT2D eigenvalue weighted by atomic mass is 32.1. The zero-order chi connectivity index (χ0) is 15.5. The first kappa shape index (κ1) is 15.8. The van der Waals surface area contributed by atoms with Crippen molar-refractivity contribution < 1.29 is 0 Å². The molecule has 2 aromatic rings. The molecule has 0 aliphatic rings. The van der Waals surface area contributed by atoms with E-state index in [1.54, 1.807) is 11.3 Å². The van der Waals surface area contributed by atoms with Gasteiger partial charge in [-0.3, -0.25) is 0 Å². The van der Waals surface area contributed by atoms with E-state index in [1.165, 1.54) is 4.88 Å². The minimum atomic E-state index is -0.0755. The molecule has 5 heteroatoms. The molecule has 0 radical (unpaired) electrons. The minimum absolute atomic E-state index is 0.0755. The van der Waals surface area contributed by atoms with Gasteiger partial charge in [-0.15, -0.1) is 11.3 Å². The van der Waals surface area contributed by atoms with E-state index in [-0.39, 0.29) is 11.5 Å². The van der Waals surface area contributed by atoms with Crippen LogP contribution in [0.1, 0.15) is 50.9 Å². The van der Waals surface area contributed by atoms with E-state index in [0.29, 0.717) is 0 Å². The van der Waals surface area contributed by atoms with Crippen molar-refractivity contribution >= 4 is 23.0 Å². The Morgan fingerprint density at radius 3 is 2.48 bits per heavy atom. The topological polar surface area (TPSA) is 49.8 Å². The van der Waals surface area contributed by atoms with Crippen molar-refractivity contribution in [3.8, 4) is 0 Å². The average Bonchev–Trinajstić information content (AvgIpc) is 2.97. The molecule has 0 fully saturated rings. The Morgan fingerprint density at radius 1 is 1.24 bits per heavy atom. The Hall–Kier alpha value is -1.62. The maximum absolute atomic E-state index is 4.69. The number of thiophene rings is 1. The molecular weight excluding hydrogens is 280 g/mol. The van der Waals surface area contributed by atoms with E-state index in [1.807, 2.05) is 13.1 Å². The molecule has 2 rings (SSSR count). The number of rotatable bonds is 5. The largest absolute Gasteiger partial charge is 0.373 e. The lowest BCUT2D eigenvalue weighted by Gasteiger charge is -2.21. The lowest BCUT2D eigenvalue weighted by atomic mass is 9.96. The Kier molecular flexibility index (Phi) is 4.83. The van der Waals surface area contributed by atoms with Crippen LogP contribution in [0.4, 0.5) is 11.6 Å². The Labute approximate surface area is 131 Å². The van der Waals surface area contributed by atoms with Gasteiger partial charge in [0, 0.05) is 23.4 Å². The second-order valence-corrected chi connectivity index (χ2v) is 7.06. The van der Waals surface area contributed by atoms with E-state index >= 15 is 0 Å². The summed E-state index contributed by atoms with van der Waals surface area (Å²) in [6.07, 6.45) is 1.02. The van der Waals surface area contributed by atoms with E-state index < -0.39 is 0 Å². The molecule has 0 saturated carbocycles. The lowest BCUT2D eigenvalue weighted by molar-refractivity contribution is 0.546. The molecule has 0 aromatic carbocycles. The van der Waals surface area contributed by atoms with Gasteiger partial charge in [0.05, 0.1) is 6.04 Å². The molecule has 2 N–H and O–H groups in total. The first-order valence-corrected chi connectivity index (χ1v) is 8.19. The summed E-state index contributed by atoms with van der Waals surface area (Å²) in [5, 5.41) is 8.77. The third-order valence-electron chi connectivity index (χ3n) is 3.27. The molecule has 1 unspecified atom stereocenters. The van der Waals surface area contributed by atoms with Crippen LogP contribution in [0.5, 0.6) is 0 Å². The number of nitrogens with zero attached hydrogens (tertiary/aromatic N) is 2. The third-order valence-corrected chi connectivity index (χ3v) is 4.26. The second-order valence-electron chi connectivity index (χ2n) is 6.08. The minimum Gasteiger partial charge on any atom is -0.373 e. The van der Waals surface area contributed by atoms with Gasteiger partial charge in [0.25, 0.3) is 0 Å². The molecule has 0 amide bonds. The van der Waals surface area contributed by atoms with Crippen LogP contribution in [-0.4, -0.2) is 17.0 Å². The first-order chi connectivity index (χ1) is 9.94. The molecule has 0 aliphatic heterocycles.